The zero-order valence-electron chi connectivity index (χ0n) is 19.4. The molecule has 2 heterocycles. The number of aliphatic imine (C=N–C) groups is 1. The van der Waals surface area contributed by atoms with Crippen LogP contribution in [0.5, 0.6) is 0 Å². The molecule has 0 aromatic heterocycles. The standard InChI is InChI=1S/C24H41N5O/c1-20-6-5-11-28(17-20)18-22-9-7-21(8-10-22)16-26-23(25-4)27-19-24(2,3)29-12-14-30-15-13-29/h7-10,20H,5-6,11-19H2,1-4H3,(H2,25,26,27). The lowest BCUT2D eigenvalue weighted by molar-refractivity contribution is -0.00834. The summed E-state index contributed by atoms with van der Waals surface area (Å²) in [7, 11) is 1.83. The molecule has 0 aliphatic carbocycles. The molecule has 2 N–H and O–H groups in total. The molecule has 0 spiro atoms. The Kier molecular flexibility index (Phi) is 8.54. The molecule has 0 bridgehead atoms. The van der Waals surface area contributed by atoms with E-state index >= 15 is 0 Å². The monoisotopic (exact) mass is 415 g/mol. The van der Waals surface area contributed by atoms with Crippen LogP contribution in [0.25, 0.3) is 0 Å². The van der Waals surface area contributed by atoms with Gasteiger partial charge in [0.1, 0.15) is 0 Å². The van der Waals surface area contributed by atoms with Gasteiger partial charge in [-0.3, -0.25) is 14.8 Å². The number of ether oxygens (including phenoxy) is 1. The molecular formula is C24H41N5O. The van der Waals surface area contributed by atoms with Gasteiger partial charge in [0, 0.05) is 51.9 Å². The van der Waals surface area contributed by atoms with Gasteiger partial charge in [-0.15, -0.1) is 0 Å². The van der Waals surface area contributed by atoms with E-state index in [9.17, 15) is 0 Å². The van der Waals surface area contributed by atoms with Gasteiger partial charge in [0.2, 0.25) is 0 Å². The van der Waals surface area contributed by atoms with Crippen molar-refractivity contribution in [2.45, 2.75) is 52.2 Å². The molecule has 0 amide bonds. The third-order valence-electron chi connectivity index (χ3n) is 6.41. The minimum atomic E-state index is 0.0645. The number of nitrogens with one attached hydrogen (secondary N) is 2. The minimum absolute atomic E-state index is 0.0645. The topological polar surface area (TPSA) is 52.1 Å². The number of morpholine rings is 1. The van der Waals surface area contributed by atoms with E-state index in [0.717, 1.165) is 57.8 Å². The average molecular weight is 416 g/mol. The van der Waals surface area contributed by atoms with Crippen LogP contribution in [-0.2, 0) is 17.8 Å². The van der Waals surface area contributed by atoms with E-state index in [2.05, 4.69) is 70.5 Å². The Morgan fingerprint density at radius 3 is 2.47 bits per heavy atom. The minimum Gasteiger partial charge on any atom is -0.379 e. The van der Waals surface area contributed by atoms with Crippen LogP contribution in [0.3, 0.4) is 0 Å². The van der Waals surface area contributed by atoms with Gasteiger partial charge in [-0.1, -0.05) is 31.2 Å². The van der Waals surface area contributed by atoms with Gasteiger partial charge in [0.25, 0.3) is 0 Å². The lowest BCUT2D eigenvalue weighted by atomic mass is 9.99. The van der Waals surface area contributed by atoms with Crippen molar-refractivity contribution in [3.05, 3.63) is 35.4 Å². The van der Waals surface area contributed by atoms with Crippen molar-refractivity contribution in [2.24, 2.45) is 10.9 Å². The van der Waals surface area contributed by atoms with Gasteiger partial charge in [0.15, 0.2) is 5.96 Å². The molecular weight excluding hydrogens is 374 g/mol. The van der Waals surface area contributed by atoms with Gasteiger partial charge in [0.05, 0.1) is 13.2 Å². The van der Waals surface area contributed by atoms with E-state index in [-0.39, 0.29) is 5.54 Å². The molecule has 1 atom stereocenters. The summed E-state index contributed by atoms with van der Waals surface area (Å²) in [6.45, 7) is 15.7. The number of benzene rings is 1. The van der Waals surface area contributed by atoms with Crippen LogP contribution >= 0.6 is 0 Å². The zero-order chi connectivity index (χ0) is 21.4. The Balaban J connectivity index is 1.43. The molecule has 3 rings (SSSR count). The molecule has 1 unspecified atom stereocenters. The number of nitrogens with zero attached hydrogens (tertiary/aromatic N) is 3. The SMILES string of the molecule is CN=C(NCc1ccc(CN2CCCC(C)C2)cc1)NCC(C)(C)N1CCOCC1. The van der Waals surface area contributed by atoms with Crippen LogP contribution in [0, 0.1) is 5.92 Å². The smallest absolute Gasteiger partial charge is 0.191 e. The van der Waals surface area contributed by atoms with Crippen molar-refractivity contribution < 1.29 is 4.74 Å². The van der Waals surface area contributed by atoms with E-state index in [4.69, 9.17) is 4.74 Å². The van der Waals surface area contributed by atoms with Crippen molar-refractivity contribution in [3.8, 4) is 0 Å². The number of likely N-dealkylation sites (tertiary alicyclic amines) is 1. The predicted molar refractivity (Wildman–Crippen MR) is 125 cm³/mol. The van der Waals surface area contributed by atoms with Crippen molar-refractivity contribution >= 4 is 5.96 Å². The van der Waals surface area contributed by atoms with Gasteiger partial charge in [-0.25, -0.2) is 0 Å². The molecule has 1 aromatic carbocycles. The van der Waals surface area contributed by atoms with Crippen LogP contribution in [0.2, 0.25) is 0 Å². The van der Waals surface area contributed by atoms with E-state index in [0.29, 0.717) is 0 Å². The Hall–Kier alpha value is -1.63. The maximum absolute atomic E-state index is 5.48. The number of piperidine rings is 1. The normalized spacial score (nSPS) is 22.1. The van der Waals surface area contributed by atoms with Crippen molar-refractivity contribution in [1.29, 1.82) is 0 Å². The fourth-order valence-electron chi connectivity index (χ4n) is 4.44. The average Bonchev–Trinajstić information content (AvgIpc) is 2.75. The highest BCUT2D eigenvalue weighted by atomic mass is 16.5. The molecule has 168 valence electrons. The van der Waals surface area contributed by atoms with Crippen LogP contribution in [0.1, 0.15) is 44.7 Å². The highest BCUT2D eigenvalue weighted by molar-refractivity contribution is 5.79. The molecule has 2 aliphatic rings. The fourth-order valence-corrected chi connectivity index (χ4v) is 4.44. The molecule has 1 aromatic rings. The van der Waals surface area contributed by atoms with Crippen molar-refractivity contribution in [2.75, 3.05) is 53.0 Å². The van der Waals surface area contributed by atoms with Crippen LogP contribution in [0.4, 0.5) is 0 Å². The number of guanidine groups is 1. The molecule has 0 radical (unpaired) electrons. The lowest BCUT2D eigenvalue weighted by Gasteiger charge is -2.41. The predicted octanol–water partition coefficient (Wildman–Crippen LogP) is 2.69. The molecule has 2 saturated heterocycles. The Morgan fingerprint density at radius 1 is 1.10 bits per heavy atom. The largest absolute Gasteiger partial charge is 0.379 e. The van der Waals surface area contributed by atoms with Gasteiger partial charge in [-0.2, -0.15) is 0 Å². The van der Waals surface area contributed by atoms with Gasteiger partial charge >= 0.3 is 0 Å². The van der Waals surface area contributed by atoms with Gasteiger partial charge < -0.3 is 15.4 Å². The molecule has 2 aliphatic heterocycles. The van der Waals surface area contributed by atoms with Crippen LogP contribution in [0.15, 0.2) is 29.3 Å². The summed E-state index contributed by atoms with van der Waals surface area (Å²) in [6, 6.07) is 9.02. The molecule has 6 heteroatoms. The molecule has 30 heavy (non-hydrogen) atoms. The summed E-state index contributed by atoms with van der Waals surface area (Å²) in [5, 5.41) is 6.95. The Labute approximate surface area is 183 Å². The Bertz CT molecular complexity index is 667. The van der Waals surface area contributed by atoms with E-state index in [1.165, 1.54) is 37.1 Å². The third kappa shape index (κ3) is 6.96. The van der Waals surface area contributed by atoms with Crippen LogP contribution < -0.4 is 10.6 Å². The van der Waals surface area contributed by atoms with Crippen molar-refractivity contribution in [3.63, 3.8) is 0 Å². The maximum Gasteiger partial charge on any atom is 0.191 e. The van der Waals surface area contributed by atoms with Crippen LogP contribution in [-0.4, -0.2) is 74.3 Å². The first-order valence-corrected chi connectivity index (χ1v) is 11.5. The first-order chi connectivity index (χ1) is 14.5. The summed E-state index contributed by atoms with van der Waals surface area (Å²) < 4.78 is 5.48. The van der Waals surface area contributed by atoms with Crippen molar-refractivity contribution in [1.82, 2.24) is 20.4 Å². The Morgan fingerprint density at radius 2 is 1.80 bits per heavy atom. The zero-order valence-corrected chi connectivity index (χ0v) is 19.4. The summed E-state index contributed by atoms with van der Waals surface area (Å²) in [5.41, 5.74) is 2.75. The first-order valence-electron chi connectivity index (χ1n) is 11.5. The lowest BCUT2D eigenvalue weighted by Crippen LogP contribution is -2.56. The van der Waals surface area contributed by atoms with E-state index in [1.807, 2.05) is 7.05 Å². The highest BCUT2D eigenvalue weighted by Crippen LogP contribution is 2.18. The first kappa shape index (κ1) is 23.0. The molecule has 2 fully saturated rings. The summed E-state index contributed by atoms with van der Waals surface area (Å²) in [6.07, 6.45) is 2.71. The second kappa shape index (κ2) is 11.1. The van der Waals surface area contributed by atoms with Gasteiger partial charge in [-0.05, 0) is 50.3 Å². The number of hydrogen-bond donors (Lipinski definition) is 2. The second-order valence-corrected chi connectivity index (χ2v) is 9.49. The van der Waals surface area contributed by atoms with E-state index < -0.39 is 0 Å². The maximum atomic E-state index is 5.48. The second-order valence-electron chi connectivity index (χ2n) is 9.49. The number of hydrogen-bond acceptors (Lipinski definition) is 4. The fraction of sp³-hybridized carbons (Fsp3) is 0.708. The highest BCUT2D eigenvalue weighted by Gasteiger charge is 2.28. The summed E-state index contributed by atoms with van der Waals surface area (Å²) >= 11 is 0. The summed E-state index contributed by atoms with van der Waals surface area (Å²) in [5.74, 6) is 1.68. The quantitative estimate of drug-likeness (QED) is 0.530. The molecule has 0 saturated carbocycles. The van der Waals surface area contributed by atoms with E-state index in [1.54, 1.807) is 0 Å². The summed E-state index contributed by atoms with van der Waals surface area (Å²) in [4.78, 5) is 9.47. The molecule has 6 nitrogen and oxygen atoms in total. The third-order valence-corrected chi connectivity index (χ3v) is 6.41. The number of rotatable bonds is 7.